The fourth-order valence-electron chi connectivity index (χ4n) is 2.71. The van der Waals surface area contributed by atoms with Gasteiger partial charge in [0, 0.05) is 5.56 Å². The van der Waals surface area contributed by atoms with E-state index >= 15 is 0 Å². The Balaban J connectivity index is 1.91. The maximum Gasteiger partial charge on any atom is 0.363 e. The predicted octanol–water partition coefficient (Wildman–Crippen LogP) is 3.46. The molecule has 0 saturated carbocycles. The highest BCUT2D eigenvalue weighted by molar-refractivity contribution is 6.13. The third-order valence-electron chi connectivity index (χ3n) is 4.04. The fourth-order valence-corrected chi connectivity index (χ4v) is 2.71. The van der Waals surface area contributed by atoms with Crippen LogP contribution in [0.15, 0.2) is 47.1 Å². The minimum Gasteiger partial charge on any atom is -0.493 e. The molecule has 0 radical (unpaired) electrons. The van der Waals surface area contributed by atoms with Crippen LogP contribution in [-0.2, 0) is 9.53 Å². The van der Waals surface area contributed by atoms with Crippen molar-refractivity contribution in [2.45, 2.75) is 6.92 Å². The summed E-state index contributed by atoms with van der Waals surface area (Å²) in [7, 11) is 4.65. The number of ether oxygens (including phenoxy) is 5. The van der Waals surface area contributed by atoms with E-state index < -0.39 is 5.97 Å². The lowest BCUT2D eigenvalue weighted by Gasteiger charge is -2.09. The van der Waals surface area contributed by atoms with Crippen LogP contribution in [0.5, 0.6) is 23.0 Å². The topological polar surface area (TPSA) is 75.6 Å². The van der Waals surface area contributed by atoms with E-state index in [9.17, 15) is 4.79 Å². The van der Waals surface area contributed by atoms with Gasteiger partial charge in [0.1, 0.15) is 0 Å². The van der Waals surface area contributed by atoms with Crippen molar-refractivity contribution < 1.29 is 28.5 Å². The number of carbonyl (C=O) groups is 1. The van der Waals surface area contributed by atoms with Crippen LogP contribution in [0, 0.1) is 0 Å². The van der Waals surface area contributed by atoms with Crippen LogP contribution in [0.4, 0.5) is 0 Å². The second kappa shape index (κ2) is 8.47. The first-order chi connectivity index (χ1) is 13.6. The van der Waals surface area contributed by atoms with E-state index in [-0.39, 0.29) is 11.6 Å². The van der Waals surface area contributed by atoms with Gasteiger partial charge in [-0.05, 0) is 48.9 Å². The minimum absolute atomic E-state index is 0.191. The SMILES string of the molecule is CCOc1ccc(/C=C2/N=C(c3ccc(OC)c(OC)c3)OC2=O)cc1OC. The van der Waals surface area contributed by atoms with Gasteiger partial charge >= 0.3 is 5.97 Å². The lowest BCUT2D eigenvalue weighted by atomic mass is 10.1. The van der Waals surface area contributed by atoms with Crippen LogP contribution in [0.1, 0.15) is 18.1 Å². The van der Waals surface area contributed by atoms with Gasteiger partial charge in [-0.15, -0.1) is 0 Å². The van der Waals surface area contributed by atoms with Gasteiger partial charge in [-0.2, -0.15) is 0 Å². The van der Waals surface area contributed by atoms with Crippen molar-refractivity contribution >= 4 is 17.9 Å². The van der Waals surface area contributed by atoms with Crippen LogP contribution in [0.25, 0.3) is 6.08 Å². The molecular weight excluding hydrogens is 362 g/mol. The van der Waals surface area contributed by atoms with E-state index in [0.717, 1.165) is 5.56 Å². The second-order valence-corrected chi connectivity index (χ2v) is 5.75. The fraction of sp³-hybridized carbons (Fsp3) is 0.238. The Kier molecular flexibility index (Phi) is 5.84. The minimum atomic E-state index is -0.530. The summed E-state index contributed by atoms with van der Waals surface area (Å²) in [4.78, 5) is 16.6. The first-order valence-electron chi connectivity index (χ1n) is 8.65. The Morgan fingerprint density at radius 3 is 2.29 bits per heavy atom. The molecule has 7 nitrogen and oxygen atoms in total. The van der Waals surface area contributed by atoms with Crippen molar-refractivity contribution in [3.05, 3.63) is 53.2 Å². The molecule has 0 N–H and O–H groups in total. The average molecular weight is 383 g/mol. The quantitative estimate of drug-likeness (QED) is 0.538. The molecule has 0 unspecified atom stereocenters. The summed E-state index contributed by atoms with van der Waals surface area (Å²) < 4.78 is 26.7. The van der Waals surface area contributed by atoms with Crippen molar-refractivity contribution in [1.82, 2.24) is 0 Å². The average Bonchev–Trinajstić information content (AvgIpc) is 3.09. The number of hydrogen-bond acceptors (Lipinski definition) is 7. The summed E-state index contributed by atoms with van der Waals surface area (Å²) in [6.45, 7) is 2.43. The summed E-state index contributed by atoms with van der Waals surface area (Å²) in [5.41, 5.74) is 1.54. The van der Waals surface area contributed by atoms with E-state index in [1.165, 1.54) is 7.11 Å². The van der Waals surface area contributed by atoms with E-state index in [1.54, 1.807) is 50.6 Å². The maximum atomic E-state index is 12.2. The van der Waals surface area contributed by atoms with Gasteiger partial charge < -0.3 is 23.7 Å². The standard InChI is InChI=1S/C21H21NO6/c1-5-27-17-8-6-13(11-18(17)25-3)10-15-21(23)28-20(22-15)14-7-9-16(24-2)19(12-14)26-4/h6-12H,5H2,1-4H3/b15-10+. The highest BCUT2D eigenvalue weighted by Crippen LogP contribution is 2.31. The Hall–Kier alpha value is -3.48. The number of nitrogens with zero attached hydrogens (tertiary/aromatic N) is 1. The van der Waals surface area contributed by atoms with E-state index in [0.29, 0.717) is 35.2 Å². The molecule has 3 rings (SSSR count). The number of methoxy groups -OCH3 is 3. The van der Waals surface area contributed by atoms with Crippen molar-refractivity contribution in [1.29, 1.82) is 0 Å². The number of rotatable bonds is 7. The highest BCUT2D eigenvalue weighted by atomic mass is 16.6. The Morgan fingerprint density at radius 1 is 0.929 bits per heavy atom. The summed E-state index contributed by atoms with van der Waals surface area (Å²) in [6.07, 6.45) is 1.63. The van der Waals surface area contributed by atoms with Crippen LogP contribution in [0.2, 0.25) is 0 Å². The van der Waals surface area contributed by atoms with Crippen molar-refractivity contribution in [2.75, 3.05) is 27.9 Å². The zero-order chi connectivity index (χ0) is 20.1. The number of esters is 1. The van der Waals surface area contributed by atoms with Crippen molar-refractivity contribution in [3.8, 4) is 23.0 Å². The van der Waals surface area contributed by atoms with Gasteiger partial charge in [-0.3, -0.25) is 0 Å². The summed E-state index contributed by atoms with van der Waals surface area (Å²) in [6, 6.07) is 10.6. The van der Waals surface area contributed by atoms with Crippen LogP contribution in [0.3, 0.4) is 0 Å². The molecule has 0 atom stereocenters. The van der Waals surface area contributed by atoms with E-state index in [1.807, 2.05) is 13.0 Å². The van der Waals surface area contributed by atoms with E-state index in [4.69, 9.17) is 23.7 Å². The van der Waals surface area contributed by atoms with Gasteiger partial charge in [-0.25, -0.2) is 9.79 Å². The van der Waals surface area contributed by atoms with Crippen LogP contribution >= 0.6 is 0 Å². The zero-order valence-electron chi connectivity index (χ0n) is 16.1. The van der Waals surface area contributed by atoms with Gasteiger partial charge in [-0.1, -0.05) is 6.07 Å². The number of carbonyl (C=O) groups excluding carboxylic acids is 1. The molecule has 1 aliphatic heterocycles. The van der Waals surface area contributed by atoms with Crippen LogP contribution < -0.4 is 18.9 Å². The van der Waals surface area contributed by atoms with Gasteiger partial charge in [0.05, 0.1) is 27.9 Å². The molecule has 146 valence electrons. The van der Waals surface area contributed by atoms with Crippen molar-refractivity contribution in [3.63, 3.8) is 0 Å². The molecule has 0 saturated heterocycles. The Morgan fingerprint density at radius 2 is 1.61 bits per heavy atom. The lowest BCUT2D eigenvalue weighted by Crippen LogP contribution is -2.06. The molecule has 0 bridgehead atoms. The summed E-state index contributed by atoms with van der Waals surface area (Å²) >= 11 is 0. The van der Waals surface area contributed by atoms with Crippen molar-refractivity contribution in [2.24, 2.45) is 4.99 Å². The Bertz CT molecular complexity index is 948. The smallest absolute Gasteiger partial charge is 0.363 e. The number of hydrogen-bond donors (Lipinski definition) is 0. The number of aliphatic imine (C=N–C) groups is 1. The molecule has 0 aliphatic carbocycles. The monoisotopic (exact) mass is 383 g/mol. The highest BCUT2D eigenvalue weighted by Gasteiger charge is 2.25. The molecule has 7 heteroatoms. The van der Waals surface area contributed by atoms with E-state index in [2.05, 4.69) is 4.99 Å². The largest absolute Gasteiger partial charge is 0.493 e. The third-order valence-corrected chi connectivity index (χ3v) is 4.04. The molecule has 1 aliphatic rings. The molecule has 0 spiro atoms. The molecular formula is C21H21NO6. The molecule has 0 amide bonds. The Labute approximate surface area is 163 Å². The molecule has 2 aromatic rings. The van der Waals surface area contributed by atoms with Gasteiger partial charge in [0.2, 0.25) is 5.90 Å². The summed E-state index contributed by atoms with van der Waals surface area (Å²) in [5, 5.41) is 0. The maximum absolute atomic E-state index is 12.2. The molecule has 28 heavy (non-hydrogen) atoms. The first kappa shape index (κ1) is 19.3. The lowest BCUT2D eigenvalue weighted by molar-refractivity contribution is -0.129. The number of benzene rings is 2. The second-order valence-electron chi connectivity index (χ2n) is 5.75. The molecule has 0 aromatic heterocycles. The van der Waals surface area contributed by atoms with Crippen LogP contribution in [-0.4, -0.2) is 39.8 Å². The first-order valence-corrected chi connectivity index (χ1v) is 8.65. The molecule has 1 heterocycles. The third kappa shape index (κ3) is 3.93. The predicted molar refractivity (Wildman–Crippen MR) is 104 cm³/mol. The molecule has 0 fully saturated rings. The zero-order valence-corrected chi connectivity index (χ0v) is 16.1. The molecule has 2 aromatic carbocycles. The van der Waals surface area contributed by atoms with Gasteiger partial charge in [0.15, 0.2) is 28.7 Å². The normalized spacial score (nSPS) is 14.5. The summed E-state index contributed by atoms with van der Waals surface area (Å²) in [5.74, 6) is 1.98. The van der Waals surface area contributed by atoms with Gasteiger partial charge in [0.25, 0.3) is 0 Å². The number of cyclic esters (lactones) is 1.